The number of carbonyl (C=O) groups excluding carboxylic acids is 1. The standard InChI is InChI=1S/C11H17NO4/c1-2-7-16-11(15)12-6-4-3-5-9(12)8-10(13)14/h2,9H,1,3-8H2,(H,13,14)/t9-/m1/s1. The van der Waals surface area contributed by atoms with E-state index in [1.165, 1.54) is 11.0 Å². The highest BCUT2D eigenvalue weighted by molar-refractivity contribution is 5.71. The highest BCUT2D eigenvalue weighted by Crippen LogP contribution is 2.20. The van der Waals surface area contributed by atoms with Gasteiger partial charge in [0, 0.05) is 12.6 Å². The van der Waals surface area contributed by atoms with Crippen LogP contribution in [0.3, 0.4) is 0 Å². The van der Waals surface area contributed by atoms with Gasteiger partial charge in [0.2, 0.25) is 0 Å². The number of likely N-dealkylation sites (tertiary alicyclic amines) is 1. The van der Waals surface area contributed by atoms with Crippen LogP contribution in [0.15, 0.2) is 12.7 Å². The summed E-state index contributed by atoms with van der Waals surface area (Å²) in [6.07, 6.45) is 3.64. The van der Waals surface area contributed by atoms with Gasteiger partial charge in [-0.3, -0.25) is 4.79 Å². The molecule has 0 spiro atoms. The second kappa shape index (κ2) is 6.15. The SMILES string of the molecule is C=CCOC(=O)N1CCCC[C@@H]1CC(=O)O. The summed E-state index contributed by atoms with van der Waals surface area (Å²) in [5, 5.41) is 8.75. The number of rotatable bonds is 4. The number of ether oxygens (including phenoxy) is 1. The maximum absolute atomic E-state index is 11.6. The van der Waals surface area contributed by atoms with E-state index >= 15 is 0 Å². The number of nitrogens with zero attached hydrogens (tertiary/aromatic N) is 1. The van der Waals surface area contributed by atoms with Crippen LogP contribution in [0.4, 0.5) is 4.79 Å². The second-order valence-corrected chi connectivity index (χ2v) is 3.81. The van der Waals surface area contributed by atoms with Crippen LogP contribution >= 0.6 is 0 Å². The first-order valence-corrected chi connectivity index (χ1v) is 5.41. The van der Waals surface area contributed by atoms with Gasteiger partial charge in [0.15, 0.2) is 0 Å². The summed E-state index contributed by atoms with van der Waals surface area (Å²) in [5.74, 6) is -0.881. The van der Waals surface area contributed by atoms with Crippen molar-refractivity contribution in [1.29, 1.82) is 0 Å². The number of aliphatic carboxylic acids is 1. The Morgan fingerprint density at radius 1 is 1.50 bits per heavy atom. The topological polar surface area (TPSA) is 66.8 Å². The van der Waals surface area contributed by atoms with E-state index in [1.807, 2.05) is 0 Å². The highest BCUT2D eigenvalue weighted by atomic mass is 16.6. The van der Waals surface area contributed by atoms with E-state index in [2.05, 4.69) is 6.58 Å². The number of piperidine rings is 1. The molecule has 1 saturated heterocycles. The number of carboxylic acid groups (broad SMARTS) is 1. The van der Waals surface area contributed by atoms with E-state index in [0.29, 0.717) is 6.54 Å². The number of carboxylic acids is 1. The molecule has 1 rings (SSSR count). The van der Waals surface area contributed by atoms with Crippen LogP contribution < -0.4 is 0 Å². The Morgan fingerprint density at radius 2 is 2.25 bits per heavy atom. The average molecular weight is 227 g/mol. The van der Waals surface area contributed by atoms with Gasteiger partial charge >= 0.3 is 12.1 Å². The predicted molar refractivity (Wildman–Crippen MR) is 58.1 cm³/mol. The third-order valence-corrected chi connectivity index (χ3v) is 2.60. The fourth-order valence-electron chi connectivity index (χ4n) is 1.87. The molecule has 1 fully saturated rings. The predicted octanol–water partition coefficient (Wildman–Crippen LogP) is 1.64. The van der Waals surface area contributed by atoms with Crippen LogP contribution in [0.25, 0.3) is 0 Å². The Kier molecular flexibility index (Phi) is 4.82. The molecule has 16 heavy (non-hydrogen) atoms. The molecule has 5 nitrogen and oxygen atoms in total. The van der Waals surface area contributed by atoms with Crippen molar-refractivity contribution in [2.45, 2.75) is 31.7 Å². The van der Waals surface area contributed by atoms with E-state index in [9.17, 15) is 9.59 Å². The monoisotopic (exact) mass is 227 g/mol. The van der Waals surface area contributed by atoms with Gasteiger partial charge in [-0.15, -0.1) is 0 Å². The van der Waals surface area contributed by atoms with Crippen molar-refractivity contribution in [2.24, 2.45) is 0 Å². The minimum absolute atomic E-state index is 0.0107. The van der Waals surface area contributed by atoms with Crippen molar-refractivity contribution in [1.82, 2.24) is 4.90 Å². The third kappa shape index (κ3) is 3.56. The second-order valence-electron chi connectivity index (χ2n) is 3.81. The molecule has 0 aromatic heterocycles. The maximum Gasteiger partial charge on any atom is 0.410 e. The molecule has 5 heteroatoms. The first-order valence-electron chi connectivity index (χ1n) is 5.41. The fourth-order valence-corrected chi connectivity index (χ4v) is 1.87. The first kappa shape index (κ1) is 12.5. The van der Waals surface area contributed by atoms with Gasteiger partial charge in [0.1, 0.15) is 6.61 Å². The van der Waals surface area contributed by atoms with Crippen LogP contribution in [-0.4, -0.2) is 41.3 Å². The Hall–Kier alpha value is -1.52. The summed E-state index contributed by atoms with van der Waals surface area (Å²) in [6.45, 7) is 4.19. The van der Waals surface area contributed by atoms with Crippen LogP contribution in [0.5, 0.6) is 0 Å². The van der Waals surface area contributed by atoms with Gasteiger partial charge in [-0.25, -0.2) is 4.79 Å². The molecule has 1 atom stereocenters. The van der Waals surface area contributed by atoms with E-state index < -0.39 is 12.1 Å². The Bertz CT molecular complexity index is 277. The van der Waals surface area contributed by atoms with Crippen LogP contribution in [0.1, 0.15) is 25.7 Å². The Labute approximate surface area is 94.7 Å². The molecule has 0 saturated carbocycles. The molecule has 1 amide bonds. The molecule has 1 heterocycles. The van der Waals surface area contributed by atoms with Gasteiger partial charge in [0.25, 0.3) is 0 Å². The zero-order chi connectivity index (χ0) is 12.0. The summed E-state index contributed by atoms with van der Waals surface area (Å²) in [4.78, 5) is 23.8. The van der Waals surface area contributed by atoms with Crippen molar-refractivity contribution < 1.29 is 19.4 Å². The molecular formula is C11H17NO4. The fraction of sp³-hybridized carbons (Fsp3) is 0.636. The lowest BCUT2D eigenvalue weighted by molar-refractivity contribution is -0.138. The molecule has 0 bridgehead atoms. The van der Waals surface area contributed by atoms with Gasteiger partial charge in [-0.1, -0.05) is 12.7 Å². The smallest absolute Gasteiger partial charge is 0.410 e. The molecule has 0 radical (unpaired) electrons. The summed E-state index contributed by atoms with van der Waals surface area (Å²) in [7, 11) is 0. The summed E-state index contributed by atoms with van der Waals surface area (Å²) in [5.41, 5.74) is 0. The minimum Gasteiger partial charge on any atom is -0.481 e. The molecule has 1 aliphatic heterocycles. The van der Waals surface area contributed by atoms with E-state index in [-0.39, 0.29) is 19.1 Å². The summed E-state index contributed by atoms with van der Waals surface area (Å²) in [6, 6.07) is -0.233. The van der Waals surface area contributed by atoms with Crippen LogP contribution in [0.2, 0.25) is 0 Å². The Morgan fingerprint density at radius 3 is 2.88 bits per heavy atom. The van der Waals surface area contributed by atoms with Crippen molar-refractivity contribution in [3.8, 4) is 0 Å². The molecule has 0 aromatic rings. The molecule has 0 aromatic carbocycles. The quantitative estimate of drug-likeness (QED) is 0.741. The van der Waals surface area contributed by atoms with E-state index in [0.717, 1.165) is 19.3 Å². The van der Waals surface area contributed by atoms with Gasteiger partial charge in [-0.2, -0.15) is 0 Å². The molecular weight excluding hydrogens is 210 g/mol. The zero-order valence-corrected chi connectivity index (χ0v) is 9.22. The lowest BCUT2D eigenvalue weighted by Crippen LogP contribution is -2.45. The number of carbonyl (C=O) groups is 2. The lowest BCUT2D eigenvalue weighted by atomic mass is 10.00. The van der Waals surface area contributed by atoms with Crippen LogP contribution in [-0.2, 0) is 9.53 Å². The van der Waals surface area contributed by atoms with Crippen molar-refractivity contribution >= 4 is 12.1 Å². The molecule has 0 unspecified atom stereocenters. The molecule has 1 aliphatic rings. The average Bonchev–Trinajstić information content (AvgIpc) is 2.26. The van der Waals surface area contributed by atoms with Crippen LogP contribution in [0, 0.1) is 0 Å². The molecule has 1 N–H and O–H groups in total. The van der Waals surface area contributed by atoms with Gasteiger partial charge in [-0.05, 0) is 19.3 Å². The maximum atomic E-state index is 11.6. The normalized spacial score (nSPS) is 20.2. The molecule has 90 valence electrons. The third-order valence-electron chi connectivity index (χ3n) is 2.60. The van der Waals surface area contributed by atoms with Crippen molar-refractivity contribution in [3.63, 3.8) is 0 Å². The molecule has 0 aliphatic carbocycles. The van der Waals surface area contributed by atoms with Gasteiger partial charge < -0.3 is 14.7 Å². The largest absolute Gasteiger partial charge is 0.481 e. The van der Waals surface area contributed by atoms with Gasteiger partial charge in [0.05, 0.1) is 6.42 Å². The van der Waals surface area contributed by atoms with E-state index in [4.69, 9.17) is 9.84 Å². The first-order chi connectivity index (χ1) is 7.65. The minimum atomic E-state index is -0.881. The summed E-state index contributed by atoms with van der Waals surface area (Å²) < 4.78 is 4.92. The van der Waals surface area contributed by atoms with Crippen molar-refractivity contribution in [3.05, 3.63) is 12.7 Å². The number of hydrogen-bond donors (Lipinski definition) is 1. The van der Waals surface area contributed by atoms with Crippen molar-refractivity contribution in [2.75, 3.05) is 13.2 Å². The highest BCUT2D eigenvalue weighted by Gasteiger charge is 2.29. The summed E-state index contributed by atoms with van der Waals surface area (Å²) >= 11 is 0. The number of hydrogen-bond acceptors (Lipinski definition) is 3. The van der Waals surface area contributed by atoms with E-state index in [1.54, 1.807) is 0 Å². The Balaban J connectivity index is 2.54. The lowest BCUT2D eigenvalue weighted by Gasteiger charge is -2.33. The number of amides is 1. The zero-order valence-electron chi connectivity index (χ0n) is 9.22.